The summed E-state index contributed by atoms with van der Waals surface area (Å²) in [5.74, 6) is -0.130. The Kier molecular flexibility index (Phi) is 6.42. The van der Waals surface area contributed by atoms with Gasteiger partial charge in [-0.3, -0.25) is 9.59 Å². The van der Waals surface area contributed by atoms with Crippen molar-refractivity contribution >= 4 is 39.1 Å². The van der Waals surface area contributed by atoms with Gasteiger partial charge in [0.2, 0.25) is 5.91 Å². The highest BCUT2D eigenvalue weighted by atomic mass is 79.9. The Morgan fingerprint density at radius 2 is 1.89 bits per heavy atom. The summed E-state index contributed by atoms with van der Waals surface area (Å²) >= 11 is 9.30. The number of aryl methyl sites for hydroxylation is 1. The van der Waals surface area contributed by atoms with Crippen LogP contribution >= 0.6 is 27.5 Å². The van der Waals surface area contributed by atoms with Crippen molar-refractivity contribution in [1.82, 2.24) is 9.78 Å². The molecule has 0 aliphatic rings. The standard InChI is InChI=1S/C20H17BrClN3O2/c21-15-8-6-14(7-9-15)18-10-11-20(27)25(24-18)12-2-5-19(26)23-17-4-1-3-16(22)13-17/h1,3-4,6-11,13H,2,5,12H2,(H,23,26). The maximum absolute atomic E-state index is 12.1. The van der Waals surface area contributed by atoms with E-state index in [0.717, 1.165) is 10.0 Å². The highest BCUT2D eigenvalue weighted by Crippen LogP contribution is 2.19. The van der Waals surface area contributed by atoms with Gasteiger partial charge in [-0.25, -0.2) is 4.68 Å². The molecule has 3 aromatic rings. The van der Waals surface area contributed by atoms with Crippen LogP contribution < -0.4 is 10.9 Å². The van der Waals surface area contributed by atoms with E-state index < -0.39 is 0 Å². The van der Waals surface area contributed by atoms with Crippen molar-refractivity contribution in [3.8, 4) is 11.3 Å². The number of aromatic nitrogens is 2. The minimum atomic E-state index is -0.189. The SMILES string of the molecule is O=C(CCCn1nc(-c2ccc(Br)cc2)ccc1=O)Nc1cccc(Cl)c1. The number of rotatable bonds is 6. The summed E-state index contributed by atoms with van der Waals surface area (Å²) in [5.41, 5.74) is 2.10. The predicted octanol–water partition coefficient (Wildman–Crippen LogP) is 4.75. The van der Waals surface area contributed by atoms with Crippen molar-refractivity contribution in [2.75, 3.05) is 5.32 Å². The summed E-state index contributed by atoms with van der Waals surface area (Å²) < 4.78 is 2.37. The van der Waals surface area contributed by atoms with E-state index >= 15 is 0 Å². The fourth-order valence-electron chi connectivity index (χ4n) is 2.56. The van der Waals surface area contributed by atoms with Gasteiger partial charge in [0, 0.05) is 39.8 Å². The summed E-state index contributed by atoms with van der Waals surface area (Å²) in [4.78, 5) is 24.1. The molecule has 0 radical (unpaired) electrons. The lowest BCUT2D eigenvalue weighted by atomic mass is 10.1. The van der Waals surface area contributed by atoms with Crippen molar-refractivity contribution in [1.29, 1.82) is 0 Å². The molecule has 1 aromatic heterocycles. The monoisotopic (exact) mass is 445 g/mol. The molecule has 0 spiro atoms. The van der Waals surface area contributed by atoms with E-state index in [4.69, 9.17) is 11.6 Å². The molecule has 0 atom stereocenters. The third kappa shape index (κ3) is 5.52. The highest BCUT2D eigenvalue weighted by Gasteiger charge is 2.06. The van der Waals surface area contributed by atoms with Crippen molar-refractivity contribution < 1.29 is 4.79 Å². The van der Waals surface area contributed by atoms with Crippen LogP contribution in [0.25, 0.3) is 11.3 Å². The fraction of sp³-hybridized carbons (Fsp3) is 0.150. The maximum Gasteiger partial charge on any atom is 0.266 e. The Morgan fingerprint density at radius 1 is 1.11 bits per heavy atom. The summed E-state index contributed by atoms with van der Waals surface area (Å²) in [6.45, 7) is 0.367. The van der Waals surface area contributed by atoms with Crippen molar-refractivity contribution in [2.45, 2.75) is 19.4 Å². The van der Waals surface area contributed by atoms with Gasteiger partial charge < -0.3 is 5.32 Å². The highest BCUT2D eigenvalue weighted by molar-refractivity contribution is 9.10. The van der Waals surface area contributed by atoms with E-state index in [1.165, 1.54) is 10.7 Å². The molecule has 0 saturated carbocycles. The van der Waals surface area contributed by atoms with Crippen LogP contribution in [-0.2, 0) is 11.3 Å². The minimum absolute atomic E-state index is 0.130. The minimum Gasteiger partial charge on any atom is -0.326 e. The number of benzene rings is 2. The van der Waals surface area contributed by atoms with Crippen molar-refractivity contribution in [3.63, 3.8) is 0 Å². The van der Waals surface area contributed by atoms with Gasteiger partial charge in [-0.15, -0.1) is 0 Å². The van der Waals surface area contributed by atoms with E-state index in [0.29, 0.717) is 29.4 Å². The van der Waals surface area contributed by atoms with E-state index in [9.17, 15) is 9.59 Å². The number of carbonyl (C=O) groups is 1. The largest absolute Gasteiger partial charge is 0.326 e. The number of hydrogen-bond acceptors (Lipinski definition) is 3. The first kappa shape index (κ1) is 19.3. The molecular weight excluding hydrogens is 430 g/mol. The fourth-order valence-corrected chi connectivity index (χ4v) is 3.02. The summed E-state index contributed by atoms with van der Waals surface area (Å²) in [7, 11) is 0. The van der Waals surface area contributed by atoms with Gasteiger partial charge in [0.05, 0.1) is 5.69 Å². The number of hydrogen-bond donors (Lipinski definition) is 1. The van der Waals surface area contributed by atoms with E-state index in [-0.39, 0.29) is 17.9 Å². The molecule has 1 amide bonds. The van der Waals surface area contributed by atoms with Gasteiger partial charge >= 0.3 is 0 Å². The van der Waals surface area contributed by atoms with Crippen LogP contribution in [0.4, 0.5) is 5.69 Å². The lowest BCUT2D eigenvalue weighted by molar-refractivity contribution is -0.116. The van der Waals surface area contributed by atoms with Crippen LogP contribution in [0.1, 0.15) is 12.8 Å². The zero-order valence-electron chi connectivity index (χ0n) is 14.4. The van der Waals surface area contributed by atoms with Crippen LogP contribution in [0.5, 0.6) is 0 Å². The normalized spacial score (nSPS) is 10.6. The molecule has 138 valence electrons. The van der Waals surface area contributed by atoms with Gasteiger partial charge in [0.15, 0.2) is 0 Å². The molecule has 5 nitrogen and oxygen atoms in total. The molecule has 3 rings (SSSR count). The summed E-state index contributed by atoms with van der Waals surface area (Å²) in [5, 5.41) is 7.76. The van der Waals surface area contributed by atoms with Crippen LogP contribution in [0, 0.1) is 0 Å². The molecule has 2 aromatic carbocycles. The van der Waals surface area contributed by atoms with Gasteiger partial charge in [-0.2, -0.15) is 5.10 Å². The summed E-state index contributed by atoms with van der Waals surface area (Å²) in [6.07, 6.45) is 0.784. The lowest BCUT2D eigenvalue weighted by Crippen LogP contribution is -2.23. The van der Waals surface area contributed by atoms with Gasteiger partial charge in [0.25, 0.3) is 5.56 Å². The first-order chi connectivity index (χ1) is 13.0. The number of amides is 1. The number of nitrogens with one attached hydrogen (secondary N) is 1. The molecule has 1 heterocycles. The third-order valence-electron chi connectivity index (χ3n) is 3.89. The lowest BCUT2D eigenvalue weighted by Gasteiger charge is -2.08. The third-order valence-corrected chi connectivity index (χ3v) is 4.65. The molecule has 0 fully saturated rings. The van der Waals surface area contributed by atoms with Gasteiger partial charge in [0.1, 0.15) is 0 Å². The van der Waals surface area contributed by atoms with E-state index in [1.807, 2.05) is 24.3 Å². The van der Waals surface area contributed by atoms with E-state index in [2.05, 4.69) is 26.3 Å². The predicted molar refractivity (Wildman–Crippen MR) is 111 cm³/mol. The second-order valence-electron chi connectivity index (χ2n) is 5.95. The molecule has 0 bridgehead atoms. The number of carbonyl (C=O) groups excluding carboxylic acids is 1. The smallest absolute Gasteiger partial charge is 0.266 e. The van der Waals surface area contributed by atoms with Gasteiger partial charge in [-0.1, -0.05) is 45.7 Å². The quantitative estimate of drug-likeness (QED) is 0.594. The molecule has 27 heavy (non-hydrogen) atoms. The Bertz CT molecular complexity index is 1000. The molecule has 0 saturated heterocycles. The zero-order valence-corrected chi connectivity index (χ0v) is 16.7. The van der Waals surface area contributed by atoms with Gasteiger partial charge in [-0.05, 0) is 42.8 Å². The molecule has 7 heteroatoms. The topological polar surface area (TPSA) is 64.0 Å². The van der Waals surface area contributed by atoms with E-state index in [1.54, 1.807) is 30.3 Å². The number of anilines is 1. The average molecular weight is 447 g/mol. The molecule has 1 N–H and O–H groups in total. The number of nitrogens with zero attached hydrogens (tertiary/aromatic N) is 2. The second kappa shape index (κ2) is 8.97. The molecule has 0 aliphatic heterocycles. The Morgan fingerprint density at radius 3 is 2.63 bits per heavy atom. The Hall–Kier alpha value is -2.44. The summed E-state index contributed by atoms with van der Waals surface area (Å²) in [6, 6.07) is 17.9. The molecule has 0 unspecified atom stereocenters. The maximum atomic E-state index is 12.1. The van der Waals surface area contributed by atoms with Crippen LogP contribution in [0.15, 0.2) is 69.9 Å². The average Bonchev–Trinajstić information content (AvgIpc) is 2.64. The molecular formula is C20H17BrClN3O2. The van der Waals surface area contributed by atoms with Crippen LogP contribution in [-0.4, -0.2) is 15.7 Å². The van der Waals surface area contributed by atoms with Crippen molar-refractivity contribution in [3.05, 3.63) is 80.5 Å². The first-order valence-electron chi connectivity index (χ1n) is 8.41. The zero-order chi connectivity index (χ0) is 19.2. The Labute approximate surface area is 170 Å². The Balaban J connectivity index is 1.60. The molecule has 0 aliphatic carbocycles. The second-order valence-corrected chi connectivity index (χ2v) is 7.30. The van der Waals surface area contributed by atoms with Crippen LogP contribution in [0.3, 0.4) is 0 Å². The first-order valence-corrected chi connectivity index (χ1v) is 9.58. The van der Waals surface area contributed by atoms with Crippen molar-refractivity contribution in [2.24, 2.45) is 0 Å². The number of halogens is 2. The van der Waals surface area contributed by atoms with Crippen LogP contribution in [0.2, 0.25) is 5.02 Å².